The van der Waals surface area contributed by atoms with Gasteiger partial charge in [0.05, 0.1) is 18.4 Å². The van der Waals surface area contributed by atoms with Crippen molar-refractivity contribution in [2.75, 3.05) is 55.7 Å². The molecule has 0 saturated carbocycles. The summed E-state index contributed by atoms with van der Waals surface area (Å²) in [5.41, 5.74) is 28.8. The number of hydrogen-bond donors (Lipinski definition) is 14. The van der Waals surface area contributed by atoms with Crippen LogP contribution in [0.4, 0.5) is 40.5 Å². The van der Waals surface area contributed by atoms with Crippen LogP contribution in [0.1, 0.15) is 69.7 Å². The third-order valence-electron chi connectivity index (χ3n) is 15.8. The van der Waals surface area contributed by atoms with Gasteiger partial charge in [-0.3, -0.25) is 106 Å². The molecular formula is C74H96Cl5N25Na2O23S2. The van der Waals surface area contributed by atoms with Crippen molar-refractivity contribution >= 4 is 189 Å². The number of ether oxygens (including phenoxy) is 3. The number of methoxy groups -OCH3 is 3. The van der Waals surface area contributed by atoms with E-state index in [9.17, 15) is 76.8 Å². The number of rotatable bonds is 12. The molecule has 0 radical (unpaired) electrons. The number of nitrogen functional groups attached to an aromatic ring is 6. The molecule has 0 unspecified atom stereocenters. The van der Waals surface area contributed by atoms with Gasteiger partial charge < -0.3 is 57.7 Å². The Morgan fingerprint density at radius 3 is 1.24 bits per heavy atom. The number of aromatic amines is 8. The molecule has 13 aromatic rings. The molecule has 0 bridgehead atoms. The van der Waals surface area contributed by atoms with E-state index in [0.29, 0.717) is 72.9 Å². The van der Waals surface area contributed by atoms with E-state index in [1.807, 2.05) is 41.4 Å². The molecule has 48 nitrogen and oxygen atoms in total. The number of nitroso groups, excluding NO2 is 1. The second-order valence-electron chi connectivity index (χ2n) is 24.2. The maximum atomic E-state index is 12.2. The first-order valence-electron chi connectivity index (χ1n) is 34.9. The Balaban J connectivity index is -0.00000141. The second-order valence-corrected chi connectivity index (χ2v) is 28.7. The van der Waals surface area contributed by atoms with Crippen LogP contribution in [0.5, 0.6) is 0 Å². The van der Waals surface area contributed by atoms with Gasteiger partial charge in [0, 0.05) is 108 Å². The van der Waals surface area contributed by atoms with Gasteiger partial charge in [0.15, 0.2) is 22.3 Å². The van der Waals surface area contributed by atoms with Gasteiger partial charge in [0.25, 0.3) is 45.4 Å². The first-order valence-corrected chi connectivity index (χ1v) is 47.5. The fourth-order valence-corrected chi connectivity index (χ4v) is 9.96. The molecule has 0 amide bonds. The summed E-state index contributed by atoms with van der Waals surface area (Å²) in [6.07, 6.45) is 3.45. The fraction of sp³-hybridized carbons (Fsp3) is 0.257. The number of imidazole rings is 2. The topological polar surface area (TPSA) is 729 Å². The summed E-state index contributed by atoms with van der Waals surface area (Å²) in [7, 11) is 6.79. The Bertz CT molecular complexity index is 7080. The van der Waals surface area contributed by atoms with Gasteiger partial charge in [-0.2, -0.15) is 21.8 Å². The van der Waals surface area contributed by atoms with Crippen molar-refractivity contribution in [2.45, 2.75) is 69.5 Å². The van der Waals surface area contributed by atoms with Crippen LogP contribution in [-0.2, 0) is 101 Å². The number of fused-ring (bicyclic) bond motifs is 2. The Labute approximate surface area is 796 Å². The van der Waals surface area contributed by atoms with E-state index < -0.39 is 98.3 Å². The molecule has 0 aliphatic carbocycles. The number of halogens is 5. The number of aryl methyl sites for hydroxylation is 1. The zero-order chi connectivity index (χ0) is 95.4. The van der Waals surface area contributed by atoms with Crippen LogP contribution in [0, 0.1) is 4.91 Å². The summed E-state index contributed by atoms with van der Waals surface area (Å²) >= 11 is 32.0. The number of carbonyl (C=O) groups excluding carboxylic acids is 1. The number of aromatic nitrogens is 18. The molecule has 57 heteroatoms. The number of H-pyrrole nitrogens is 8. The Morgan fingerprint density at radius 2 is 0.824 bits per heavy atom. The van der Waals surface area contributed by atoms with Crippen molar-refractivity contribution in [1.29, 1.82) is 0 Å². The quantitative estimate of drug-likeness (QED) is 0.0273. The summed E-state index contributed by atoms with van der Waals surface area (Å²) in [5.74, 6) is -0.0879. The van der Waals surface area contributed by atoms with Crippen molar-refractivity contribution in [3.63, 3.8) is 0 Å². The number of aldehydes is 1. The molecule has 0 saturated heterocycles. The zero-order valence-corrected chi connectivity index (χ0v) is 77.3. The molecule has 704 valence electrons. The Kier molecular flexibility index (Phi) is 56.0. The number of anilines is 6. The second kappa shape index (κ2) is 59.8. The van der Waals surface area contributed by atoms with Crippen molar-refractivity contribution in [2.24, 2.45) is 47.5 Å². The average Bonchev–Trinajstić information content (AvgIpc) is 1.62. The van der Waals surface area contributed by atoms with Gasteiger partial charge in [-0.1, -0.05) is 132 Å². The number of nitrogens with two attached hydrogens (primary N) is 6. The number of nitrogens with one attached hydrogen (secondary N) is 8. The Hall–Kier alpha value is -12.4. The van der Waals surface area contributed by atoms with Gasteiger partial charge in [-0.05, 0) is 94.8 Å². The monoisotopic (exact) mass is 1990 g/mol. The van der Waals surface area contributed by atoms with Gasteiger partial charge in [-0.25, -0.2) is 38.5 Å². The summed E-state index contributed by atoms with van der Waals surface area (Å²) in [5, 5.41) is 5.14. The molecular weight excluding hydrogens is 1890 g/mol. The molecule has 9 aromatic heterocycles. The van der Waals surface area contributed by atoms with Crippen LogP contribution in [0.3, 0.4) is 0 Å². The van der Waals surface area contributed by atoms with Crippen molar-refractivity contribution in [1.82, 2.24) is 86.4 Å². The van der Waals surface area contributed by atoms with Crippen LogP contribution in [0.25, 0.3) is 22.3 Å². The summed E-state index contributed by atoms with van der Waals surface area (Å²) < 4.78 is 59.0. The van der Waals surface area contributed by atoms with Gasteiger partial charge in [0.1, 0.15) is 41.1 Å². The first kappa shape index (κ1) is 123. The van der Waals surface area contributed by atoms with Gasteiger partial charge in [0.2, 0.25) is 11.0 Å². The van der Waals surface area contributed by atoms with Gasteiger partial charge >= 0.3 is 102 Å². The van der Waals surface area contributed by atoms with Crippen LogP contribution in [0.2, 0.25) is 25.4 Å². The number of benzene rings is 4. The van der Waals surface area contributed by atoms with Crippen LogP contribution >= 0.6 is 58.0 Å². The summed E-state index contributed by atoms with van der Waals surface area (Å²) in [4.78, 5) is 203. The van der Waals surface area contributed by atoms with E-state index in [1.54, 1.807) is 69.8 Å². The SMILES string of the molecule is C.C.C.C.C.COC(OC)OC.Cn1c(=O)[nH]c(N)c(CCc2ccc(Cl)cc2)c1=O.Cn1c(=O)[nH]c(N)c(N)c1=O.Cn1c(=O)[nH]c(N)c(N=O)c1=O.Cn1c(=O)[nH]c2nc(Cl)n(Cc3ccc(Cl)cc3)c2c1=O.Cn1c(=O)[nH]c2ncn(Cc3ccc(Cl)cc3)c2c1=O.Cn1c(=O)cc(N)[nH]c1=O.Nc1cc(=O)[nH]c(=O)[nH]1.O=Cc1ccc(Cl)cc1.O=S(=O)=S(=O)=O.[Na][Na]. The van der Waals surface area contributed by atoms with Crippen LogP contribution in [-0.4, -0.2) is 181 Å². The van der Waals surface area contributed by atoms with E-state index >= 15 is 0 Å². The zero-order valence-electron chi connectivity index (χ0n) is 67.9. The molecule has 0 fully saturated rings. The molecule has 20 N–H and O–H groups in total. The maximum absolute atomic E-state index is 12.2. The Morgan fingerprint density at radius 1 is 0.443 bits per heavy atom. The number of hydrogen-bond acceptors (Lipinski definition) is 32. The van der Waals surface area contributed by atoms with E-state index in [4.69, 9.17) is 109 Å². The summed E-state index contributed by atoms with van der Waals surface area (Å²) in [6, 6.07) is 30.9. The third kappa shape index (κ3) is 37.9. The standard InChI is InChI=1S/C13H10Cl2N4O2.C13H11ClN4O2.C13H14ClN3O2.C7H5ClO.C5H6N4O3.C5H8N4O2.C5H7N3O2.C4H5N3O2.C4H10O3.5CH4.2Na.O4S2/c1-18-11(20)9-10(17-13(18)21)16-12(15)19(9)6-7-2-4-8(14)5-3-7;1-17-12(19)10-11(16-13(17)20)15-7-18(10)6-8-2-4-9(14)5-3-8;1-17-12(18)10(11(15)16-13(17)19)7-4-8-2-5-9(14)6-3-8;8-7-3-1-6(5-9)2-4-7;1-9-4(10)2(8-12)3(6)7-5(9)11;1-9-4(10)2(6)3(7)8-5(9)11;1-8-4(9)2-3(6)7-5(8)10;5-2-1-3(8)7-4(9)6-2;1-5-4(6-2)7-3;;;;;;;;1-5(2)6(3)4/h2-5H,6H2,1H3,(H,17,21);2-5,7H,6H2,1H3,(H,16,20);2-3,5-6H,4,7,15H2,1H3,(H,16,19);1-5H;6H2,1H3,(H,7,11);6-7H2,1H3,(H,8,11);2H,6H2,1H3,(H,7,10);1H,(H4,5,6,7,8,9);4H,1-3H3;5*1H4;;;. The van der Waals surface area contributed by atoms with Crippen molar-refractivity contribution in [3.05, 3.63) is 319 Å². The predicted octanol–water partition coefficient (Wildman–Crippen LogP) is 2.03. The van der Waals surface area contributed by atoms with E-state index in [2.05, 4.69) is 64.2 Å². The molecule has 131 heavy (non-hydrogen) atoms. The fourth-order valence-electron chi connectivity index (χ4n) is 9.23. The van der Waals surface area contributed by atoms with E-state index in [-0.39, 0.29) is 99.5 Å². The summed E-state index contributed by atoms with van der Waals surface area (Å²) in [6.45, 7) is 0.322. The van der Waals surface area contributed by atoms with Gasteiger partial charge in [-0.15, -0.1) is 4.91 Å². The van der Waals surface area contributed by atoms with Crippen molar-refractivity contribution < 1.29 is 35.8 Å². The molecule has 0 spiro atoms. The third-order valence-corrected chi connectivity index (χ3v) is 18.0. The first-order chi connectivity index (χ1) is 59.2. The number of nitrogens with zero attached hydrogens (tertiary/aromatic N) is 11. The number of carbonyl (C=O) groups is 1. The predicted molar refractivity (Wildman–Crippen MR) is 510 cm³/mol. The molecule has 0 aliphatic rings. The van der Waals surface area contributed by atoms with Crippen molar-refractivity contribution in [3.8, 4) is 0 Å². The normalized spacial score (nSPS) is 9.70. The molecule has 9 heterocycles. The molecule has 13 rings (SSSR count). The van der Waals surface area contributed by atoms with Crippen LogP contribution in [0.15, 0.2) is 188 Å². The minimum absolute atomic E-state index is 0. The molecule has 4 aromatic carbocycles. The molecule has 0 atom stereocenters. The van der Waals surface area contributed by atoms with E-state index in [1.165, 1.54) is 114 Å². The average molecular weight is 1990 g/mol. The molecule has 0 aliphatic heterocycles. The minimum atomic E-state index is -2.95. The van der Waals surface area contributed by atoms with Crippen LogP contribution < -0.4 is 113 Å². The van der Waals surface area contributed by atoms with E-state index in [0.717, 1.165) is 57.9 Å².